The highest BCUT2D eigenvalue weighted by atomic mass is 16.5. The number of ether oxygens (including phenoxy) is 3. The van der Waals surface area contributed by atoms with Gasteiger partial charge in [-0.3, -0.25) is 0 Å². The van der Waals surface area contributed by atoms with Crippen LogP contribution in [-0.2, 0) is 4.74 Å². The van der Waals surface area contributed by atoms with E-state index in [9.17, 15) is 9.59 Å². The van der Waals surface area contributed by atoms with Crippen molar-refractivity contribution in [2.75, 3.05) is 13.2 Å². The first-order chi connectivity index (χ1) is 12.8. The van der Waals surface area contributed by atoms with Gasteiger partial charge in [-0.05, 0) is 60.4 Å². The molecule has 144 valence electrons. The van der Waals surface area contributed by atoms with Crippen LogP contribution in [0.5, 0.6) is 11.5 Å². The Morgan fingerprint density at radius 2 is 1.19 bits per heavy atom. The second-order valence-electron chi connectivity index (χ2n) is 7.14. The Labute approximate surface area is 160 Å². The number of esters is 2. The van der Waals surface area contributed by atoms with Crippen molar-refractivity contribution < 1.29 is 23.8 Å². The van der Waals surface area contributed by atoms with E-state index in [0.717, 1.165) is 0 Å². The molecule has 0 spiro atoms. The lowest BCUT2D eigenvalue weighted by atomic mass is 10.2. The Hall–Kier alpha value is -2.82. The molecule has 0 bridgehead atoms. The predicted octanol–water partition coefficient (Wildman–Crippen LogP) is 4.75. The summed E-state index contributed by atoms with van der Waals surface area (Å²) in [6.45, 7) is 9.07. The molecule has 0 aliphatic carbocycles. The summed E-state index contributed by atoms with van der Waals surface area (Å²) in [5.74, 6) is 0.917. The van der Waals surface area contributed by atoms with Crippen molar-refractivity contribution in [1.82, 2.24) is 0 Å². The van der Waals surface area contributed by atoms with Gasteiger partial charge in [-0.2, -0.15) is 0 Å². The van der Waals surface area contributed by atoms with Crippen LogP contribution >= 0.6 is 0 Å². The fraction of sp³-hybridized carbons (Fsp3) is 0.364. The lowest BCUT2D eigenvalue weighted by molar-refractivity contribution is 0.0459. The first-order valence-electron chi connectivity index (χ1n) is 9.07. The summed E-state index contributed by atoms with van der Waals surface area (Å²) in [5.41, 5.74) is 0.842. The second kappa shape index (κ2) is 9.76. The molecule has 0 unspecified atom stereocenters. The van der Waals surface area contributed by atoms with Gasteiger partial charge in [0.15, 0.2) is 0 Å². The van der Waals surface area contributed by atoms with Crippen LogP contribution in [0.15, 0.2) is 48.5 Å². The van der Waals surface area contributed by atoms with E-state index in [0.29, 0.717) is 41.8 Å². The Morgan fingerprint density at radius 1 is 0.704 bits per heavy atom. The van der Waals surface area contributed by atoms with E-state index in [2.05, 4.69) is 13.8 Å². The molecular weight excluding hydrogens is 344 g/mol. The van der Waals surface area contributed by atoms with Gasteiger partial charge in [0.25, 0.3) is 0 Å². The van der Waals surface area contributed by atoms with Crippen LogP contribution in [-0.4, -0.2) is 25.2 Å². The standard InChI is InChI=1S/C22H26O5/c1-15(2)13-25-19-9-5-18(6-10-19)22(24)27-20-11-7-17(8-12-20)21(23)26-14-16(3)4/h5-12,15-16H,13-14H2,1-4H3. The number of carbonyl (C=O) groups excluding carboxylic acids is 2. The molecule has 0 atom stereocenters. The van der Waals surface area contributed by atoms with Crippen LogP contribution in [0.25, 0.3) is 0 Å². The molecule has 2 aromatic rings. The predicted molar refractivity (Wildman–Crippen MR) is 103 cm³/mol. The monoisotopic (exact) mass is 370 g/mol. The van der Waals surface area contributed by atoms with Crippen molar-refractivity contribution in [3.63, 3.8) is 0 Å². The van der Waals surface area contributed by atoms with Crippen molar-refractivity contribution in [3.8, 4) is 11.5 Å². The molecule has 5 heteroatoms. The van der Waals surface area contributed by atoms with Gasteiger partial charge >= 0.3 is 11.9 Å². The maximum Gasteiger partial charge on any atom is 0.343 e. The van der Waals surface area contributed by atoms with Crippen LogP contribution < -0.4 is 9.47 Å². The zero-order valence-electron chi connectivity index (χ0n) is 16.2. The number of carbonyl (C=O) groups is 2. The van der Waals surface area contributed by atoms with Crippen molar-refractivity contribution in [2.45, 2.75) is 27.7 Å². The highest BCUT2D eigenvalue weighted by Gasteiger charge is 2.11. The molecule has 0 radical (unpaired) electrons. The normalized spacial score (nSPS) is 10.7. The molecule has 5 nitrogen and oxygen atoms in total. The molecule has 27 heavy (non-hydrogen) atoms. The van der Waals surface area contributed by atoms with E-state index in [4.69, 9.17) is 14.2 Å². The average Bonchev–Trinajstić information content (AvgIpc) is 2.65. The molecule has 0 amide bonds. The summed E-state index contributed by atoms with van der Waals surface area (Å²) < 4.78 is 16.1. The third-order valence-corrected chi connectivity index (χ3v) is 3.52. The van der Waals surface area contributed by atoms with Gasteiger partial charge in [0.1, 0.15) is 11.5 Å². The lowest BCUT2D eigenvalue weighted by Gasteiger charge is -2.10. The zero-order chi connectivity index (χ0) is 19.8. The second-order valence-corrected chi connectivity index (χ2v) is 7.14. The summed E-state index contributed by atoms with van der Waals surface area (Å²) in [7, 11) is 0. The molecule has 2 rings (SSSR count). The fourth-order valence-electron chi connectivity index (χ4n) is 2.10. The van der Waals surface area contributed by atoms with Crippen molar-refractivity contribution in [1.29, 1.82) is 0 Å². The van der Waals surface area contributed by atoms with Crippen LogP contribution in [0.3, 0.4) is 0 Å². The largest absolute Gasteiger partial charge is 0.493 e. The van der Waals surface area contributed by atoms with E-state index < -0.39 is 11.9 Å². The molecule has 0 aliphatic rings. The quantitative estimate of drug-likeness (QED) is 0.495. The molecule has 0 N–H and O–H groups in total. The van der Waals surface area contributed by atoms with E-state index in [1.807, 2.05) is 13.8 Å². The molecule has 0 heterocycles. The van der Waals surface area contributed by atoms with Crippen LogP contribution in [0.2, 0.25) is 0 Å². The summed E-state index contributed by atoms with van der Waals surface area (Å²) in [6.07, 6.45) is 0. The minimum Gasteiger partial charge on any atom is -0.493 e. The minimum absolute atomic E-state index is 0.274. The van der Waals surface area contributed by atoms with Crippen molar-refractivity contribution >= 4 is 11.9 Å². The SMILES string of the molecule is CC(C)COC(=O)c1ccc(OC(=O)c2ccc(OCC(C)C)cc2)cc1. The van der Waals surface area contributed by atoms with E-state index in [1.54, 1.807) is 48.5 Å². The van der Waals surface area contributed by atoms with Crippen molar-refractivity contribution in [3.05, 3.63) is 59.7 Å². The number of hydrogen-bond donors (Lipinski definition) is 0. The van der Waals surface area contributed by atoms with Crippen LogP contribution in [0.1, 0.15) is 48.4 Å². The topological polar surface area (TPSA) is 61.8 Å². The third-order valence-electron chi connectivity index (χ3n) is 3.52. The Bertz CT molecular complexity index is 745. The Kier molecular flexibility index (Phi) is 7.41. The molecule has 0 aliphatic heterocycles. The smallest absolute Gasteiger partial charge is 0.343 e. The molecule has 2 aromatic carbocycles. The van der Waals surface area contributed by atoms with E-state index in [1.165, 1.54) is 0 Å². The number of hydrogen-bond acceptors (Lipinski definition) is 5. The number of rotatable bonds is 8. The molecule has 0 aromatic heterocycles. The maximum absolute atomic E-state index is 12.2. The van der Waals surface area contributed by atoms with Crippen LogP contribution in [0.4, 0.5) is 0 Å². The maximum atomic E-state index is 12.2. The van der Waals surface area contributed by atoms with Gasteiger partial charge in [0.2, 0.25) is 0 Å². The summed E-state index contributed by atoms with van der Waals surface area (Å²) >= 11 is 0. The van der Waals surface area contributed by atoms with Gasteiger partial charge in [0.05, 0.1) is 24.3 Å². The van der Waals surface area contributed by atoms with Gasteiger partial charge < -0.3 is 14.2 Å². The Balaban J connectivity index is 1.92. The first-order valence-corrected chi connectivity index (χ1v) is 9.07. The first kappa shape index (κ1) is 20.5. The highest BCUT2D eigenvalue weighted by molar-refractivity contribution is 5.92. The molecule has 0 saturated carbocycles. The van der Waals surface area contributed by atoms with Crippen molar-refractivity contribution in [2.24, 2.45) is 11.8 Å². The van der Waals surface area contributed by atoms with Gasteiger partial charge in [-0.25, -0.2) is 9.59 Å². The summed E-state index contributed by atoms with van der Waals surface area (Å²) in [4.78, 5) is 24.1. The Morgan fingerprint density at radius 3 is 1.70 bits per heavy atom. The molecular formula is C22H26O5. The zero-order valence-corrected chi connectivity index (χ0v) is 16.2. The summed E-state index contributed by atoms with van der Waals surface area (Å²) in [5, 5.41) is 0. The molecule has 0 saturated heterocycles. The third kappa shape index (κ3) is 6.77. The fourth-order valence-corrected chi connectivity index (χ4v) is 2.10. The number of benzene rings is 2. The average molecular weight is 370 g/mol. The highest BCUT2D eigenvalue weighted by Crippen LogP contribution is 2.17. The summed E-state index contributed by atoms with van der Waals surface area (Å²) in [6, 6.07) is 13.1. The lowest BCUT2D eigenvalue weighted by Crippen LogP contribution is -2.11. The van der Waals surface area contributed by atoms with Gasteiger partial charge in [-0.15, -0.1) is 0 Å². The van der Waals surface area contributed by atoms with Gasteiger partial charge in [0, 0.05) is 0 Å². The van der Waals surface area contributed by atoms with E-state index >= 15 is 0 Å². The molecule has 0 fully saturated rings. The minimum atomic E-state index is -0.472. The van der Waals surface area contributed by atoms with Gasteiger partial charge in [-0.1, -0.05) is 27.7 Å². The van der Waals surface area contributed by atoms with E-state index in [-0.39, 0.29) is 5.92 Å². The van der Waals surface area contributed by atoms with Crippen LogP contribution in [0, 0.1) is 11.8 Å².